The maximum atomic E-state index is 13.3. The van der Waals surface area contributed by atoms with Crippen molar-refractivity contribution in [3.63, 3.8) is 0 Å². The van der Waals surface area contributed by atoms with E-state index in [0.29, 0.717) is 12.5 Å². The summed E-state index contributed by atoms with van der Waals surface area (Å²) >= 11 is 0. The molecule has 1 aromatic rings. The van der Waals surface area contributed by atoms with Gasteiger partial charge in [-0.3, -0.25) is 4.79 Å². The molecule has 3 nitrogen and oxygen atoms in total. The summed E-state index contributed by atoms with van der Waals surface area (Å²) in [4.78, 5) is 11.6. The molecule has 0 spiro atoms. The van der Waals surface area contributed by atoms with E-state index < -0.39 is 23.6 Å². The predicted molar refractivity (Wildman–Crippen MR) is 64.2 cm³/mol. The van der Waals surface area contributed by atoms with Crippen molar-refractivity contribution < 1.29 is 18.7 Å². The summed E-state index contributed by atoms with van der Waals surface area (Å²) in [6.07, 6.45) is -0.116. The molecule has 1 atom stereocenters. The molecule has 0 heterocycles. The second-order valence-corrected chi connectivity index (χ2v) is 4.48. The number of nitrogens with one attached hydrogen (secondary N) is 1. The van der Waals surface area contributed by atoms with Crippen LogP contribution in [-0.4, -0.2) is 23.7 Å². The van der Waals surface area contributed by atoms with Gasteiger partial charge in [0.25, 0.3) is 5.91 Å². The predicted octanol–water partition coefficient (Wildman–Crippen LogP) is 2.10. The van der Waals surface area contributed by atoms with Gasteiger partial charge in [-0.1, -0.05) is 13.8 Å². The van der Waals surface area contributed by atoms with Gasteiger partial charge in [0.2, 0.25) is 0 Å². The molecule has 0 aliphatic heterocycles. The molecular weight excluding hydrogens is 240 g/mol. The van der Waals surface area contributed by atoms with Crippen LogP contribution in [0.15, 0.2) is 18.2 Å². The van der Waals surface area contributed by atoms with E-state index in [-0.39, 0.29) is 18.0 Å². The smallest absolute Gasteiger partial charge is 0.254 e. The van der Waals surface area contributed by atoms with Gasteiger partial charge in [-0.05, 0) is 24.5 Å². The normalized spacial score (nSPS) is 12.6. The van der Waals surface area contributed by atoms with Crippen LogP contribution in [0.3, 0.4) is 0 Å². The number of hydrogen-bond donors (Lipinski definition) is 2. The molecule has 18 heavy (non-hydrogen) atoms. The Bertz CT molecular complexity index is 421. The molecular formula is C13H17F2NO2. The zero-order valence-electron chi connectivity index (χ0n) is 10.4. The third kappa shape index (κ3) is 4.07. The number of rotatable bonds is 5. The zero-order valence-corrected chi connectivity index (χ0v) is 10.4. The van der Waals surface area contributed by atoms with Crippen molar-refractivity contribution in [1.82, 2.24) is 5.32 Å². The SMILES string of the molecule is CC(C)C(O)CCNC(=O)c1ccc(F)cc1F. The topological polar surface area (TPSA) is 49.3 Å². The van der Waals surface area contributed by atoms with E-state index in [2.05, 4.69) is 5.32 Å². The van der Waals surface area contributed by atoms with E-state index in [1.54, 1.807) is 0 Å². The third-order valence-corrected chi connectivity index (χ3v) is 2.67. The maximum absolute atomic E-state index is 13.3. The van der Waals surface area contributed by atoms with Gasteiger partial charge in [-0.25, -0.2) is 8.78 Å². The van der Waals surface area contributed by atoms with Gasteiger partial charge in [0.05, 0.1) is 11.7 Å². The maximum Gasteiger partial charge on any atom is 0.254 e. The fourth-order valence-electron chi connectivity index (χ4n) is 1.44. The van der Waals surface area contributed by atoms with Crippen LogP contribution in [0.25, 0.3) is 0 Å². The number of hydrogen-bond acceptors (Lipinski definition) is 2. The highest BCUT2D eigenvalue weighted by molar-refractivity contribution is 5.94. The summed E-state index contributed by atoms with van der Waals surface area (Å²) in [7, 11) is 0. The number of aliphatic hydroxyl groups is 1. The van der Waals surface area contributed by atoms with Gasteiger partial charge in [0.15, 0.2) is 0 Å². The summed E-state index contributed by atoms with van der Waals surface area (Å²) in [5, 5.41) is 12.0. The summed E-state index contributed by atoms with van der Waals surface area (Å²) in [5.74, 6) is -2.12. The average molecular weight is 257 g/mol. The molecule has 0 aromatic heterocycles. The first kappa shape index (κ1) is 14.6. The lowest BCUT2D eigenvalue weighted by Gasteiger charge is -2.14. The third-order valence-electron chi connectivity index (χ3n) is 2.67. The standard InChI is InChI=1S/C13H17F2NO2/c1-8(2)12(17)5-6-16-13(18)10-4-3-9(14)7-11(10)15/h3-4,7-8,12,17H,5-6H2,1-2H3,(H,16,18). The molecule has 0 saturated heterocycles. The largest absolute Gasteiger partial charge is 0.393 e. The molecule has 1 aromatic carbocycles. The second-order valence-electron chi connectivity index (χ2n) is 4.48. The van der Waals surface area contributed by atoms with Crippen LogP contribution in [0.5, 0.6) is 0 Å². The molecule has 0 aliphatic carbocycles. The van der Waals surface area contributed by atoms with Crippen LogP contribution < -0.4 is 5.32 Å². The van der Waals surface area contributed by atoms with Crippen LogP contribution in [0.4, 0.5) is 8.78 Å². The minimum atomic E-state index is -0.892. The van der Waals surface area contributed by atoms with Gasteiger partial charge >= 0.3 is 0 Å². The first-order chi connectivity index (χ1) is 8.41. The molecule has 2 N–H and O–H groups in total. The van der Waals surface area contributed by atoms with Crippen molar-refractivity contribution in [3.05, 3.63) is 35.4 Å². The Hall–Kier alpha value is -1.49. The van der Waals surface area contributed by atoms with E-state index in [4.69, 9.17) is 0 Å². The van der Waals surface area contributed by atoms with Crippen LogP contribution in [0, 0.1) is 17.6 Å². The number of aliphatic hydroxyl groups excluding tert-OH is 1. The summed E-state index contributed by atoms with van der Waals surface area (Å²) in [6.45, 7) is 3.98. The van der Waals surface area contributed by atoms with E-state index in [0.717, 1.165) is 12.1 Å². The van der Waals surface area contributed by atoms with Crippen LogP contribution in [0.2, 0.25) is 0 Å². The Labute approximate surface area is 105 Å². The Morgan fingerprint density at radius 3 is 2.61 bits per heavy atom. The molecule has 0 aliphatic rings. The molecule has 100 valence electrons. The second kappa shape index (κ2) is 6.44. The molecule has 0 radical (unpaired) electrons. The number of benzene rings is 1. The van der Waals surface area contributed by atoms with Crippen molar-refractivity contribution in [2.45, 2.75) is 26.4 Å². The molecule has 1 amide bonds. The Balaban J connectivity index is 2.51. The van der Waals surface area contributed by atoms with Crippen LogP contribution >= 0.6 is 0 Å². The monoisotopic (exact) mass is 257 g/mol. The Morgan fingerprint density at radius 2 is 2.06 bits per heavy atom. The summed E-state index contributed by atoms with van der Waals surface area (Å²) < 4.78 is 25.9. The van der Waals surface area contributed by atoms with Gasteiger partial charge < -0.3 is 10.4 Å². The number of carbonyl (C=O) groups excluding carboxylic acids is 1. The van der Waals surface area contributed by atoms with Crippen molar-refractivity contribution in [3.8, 4) is 0 Å². The quantitative estimate of drug-likeness (QED) is 0.848. The highest BCUT2D eigenvalue weighted by atomic mass is 19.1. The highest BCUT2D eigenvalue weighted by Gasteiger charge is 2.13. The molecule has 0 bridgehead atoms. The van der Waals surface area contributed by atoms with Gasteiger partial charge in [-0.2, -0.15) is 0 Å². The Kier molecular flexibility index (Phi) is 5.22. The number of halogens is 2. The zero-order chi connectivity index (χ0) is 13.7. The van der Waals surface area contributed by atoms with Crippen molar-refractivity contribution in [2.24, 2.45) is 5.92 Å². The fourth-order valence-corrected chi connectivity index (χ4v) is 1.44. The average Bonchev–Trinajstić information content (AvgIpc) is 2.28. The van der Waals surface area contributed by atoms with E-state index in [9.17, 15) is 18.7 Å². The van der Waals surface area contributed by atoms with Crippen LogP contribution in [0.1, 0.15) is 30.6 Å². The van der Waals surface area contributed by atoms with Gasteiger partial charge in [-0.15, -0.1) is 0 Å². The van der Waals surface area contributed by atoms with Gasteiger partial charge in [0, 0.05) is 12.6 Å². The minimum absolute atomic E-state index is 0.101. The Morgan fingerprint density at radius 1 is 1.39 bits per heavy atom. The molecule has 1 rings (SSSR count). The van der Waals surface area contributed by atoms with Crippen molar-refractivity contribution in [2.75, 3.05) is 6.54 Å². The molecule has 0 fully saturated rings. The number of amides is 1. The summed E-state index contributed by atoms with van der Waals surface area (Å²) in [6, 6.07) is 2.79. The molecule has 1 unspecified atom stereocenters. The lowest BCUT2D eigenvalue weighted by molar-refractivity contribution is 0.0916. The lowest BCUT2D eigenvalue weighted by atomic mass is 10.0. The number of carbonyl (C=O) groups is 1. The fraction of sp³-hybridized carbons (Fsp3) is 0.462. The molecule has 0 saturated carbocycles. The van der Waals surface area contributed by atoms with E-state index >= 15 is 0 Å². The van der Waals surface area contributed by atoms with Crippen molar-refractivity contribution in [1.29, 1.82) is 0 Å². The van der Waals surface area contributed by atoms with Crippen molar-refractivity contribution >= 4 is 5.91 Å². The molecule has 5 heteroatoms. The first-order valence-corrected chi connectivity index (χ1v) is 5.83. The summed E-state index contributed by atoms with van der Waals surface area (Å²) in [5.41, 5.74) is -0.199. The highest BCUT2D eigenvalue weighted by Crippen LogP contribution is 2.09. The van der Waals surface area contributed by atoms with E-state index in [1.807, 2.05) is 13.8 Å². The minimum Gasteiger partial charge on any atom is -0.393 e. The van der Waals surface area contributed by atoms with Crippen LogP contribution in [-0.2, 0) is 0 Å². The van der Waals surface area contributed by atoms with E-state index in [1.165, 1.54) is 0 Å². The first-order valence-electron chi connectivity index (χ1n) is 5.83. The lowest BCUT2D eigenvalue weighted by Crippen LogP contribution is -2.29. The van der Waals surface area contributed by atoms with Gasteiger partial charge in [0.1, 0.15) is 11.6 Å².